The summed E-state index contributed by atoms with van der Waals surface area (Å²) in [4.78, 5) is 44.5. The number of pyridine rings is 1. The summed E-state index contributed by atoms with van der Waals surface area (Å²) < 4.78 is 17.6. The number of carbonyl (C=O) groups excluding carboxylic acids is 2. The third kappa shape index (κ3) is 9.76. The summed E-state index contributed by atoms with van der Waals surface area (Å²) in [6, 6.07) is 24.9. The molecule has 0 bridgehead atoms. The Morgan fingerprint density at radius 1 is 0.965 bits per heavy atom. The van der Waals surface area contributed by atoms with Crippen molar-refractivity contribution in [2.45, 2.75) is 69.6 Å². The highest BCUT2D eigenvalue weighted by atomic mass is 16.5. The Bertz CT molecular complexity index is 2180. The number of nitrogens with one attached hydrogen (secondary N) is 3. The monoisotopic (exact) mass is 776 g/mol. The molecule has 2 aliphatic rings. The van der Waals surface area contributed by atoms with Gasteiger partial charge in [-0.1, -0.05) is 49.2 Å². The largest absolute Gasteiger partial charge is 0.506 e. The number of amides is 1. The summed E-state index contributed by atoms with van der Waals surface area (Å²) in [5.41, 5.74) is 1.61. The number of likely N-dealkylation sites (tertiary alicyclic amines) is 1. The number of furan rings is 1. The number of esters is 1. The molecule has 3 heterocycles. The molecule has 1 fully saturated rings. The highest BCUT2D eigenvalue weighted by molar-refractivity contribution is 5.99. The van der Waals surface area contributed by atoms with Crippen molar-refractivity contribution in [3.63, 3.8) is 0 Å². The number of phenolic OH excluding ortho intramolecular Hbond substituents is 1. The molecular weight excluding hydrogens is 725 g/mol. The fourth-order valence-corrected chi connectivity index (χ4v) is 8.04. The molecule has 12 nitrogen and oxygen atoms in total. The van der Waals surface area contributed by atoms with E-state index >= 15 is 0 Å². The van der Waals surface area contributed by atoms with Gasteiger partial charge in [0, 0.05) is 23.6 Å². The molecule has 2 unspecified atom stereocenters. The quantitative estimate of drug-likeness (QED) is 0.0518. The predicted octanol–water partition coefficient (Wildman–Crippen LogP) is 6.12. The molecule has 7 rings (SSSR count). The average Bonchev–Trinajstić information content (AvgIpc) is 3.89. The van der Waals surface area contributed by atoms with Gasteiger partial charge in [-0.3, -0.25) is 14.5 Å². The number of ether oxygens (including phenoxy) is 2. The van der Waals surface area contributed by atoms with Crippen molar-refractivity contribution in [1.82, 2.24) is 20.5 Å². The number of hydrogen-bond acceptors (Lipinski definition) is 10. The number of aryl methyl sites for hydroxylation is 1. The maximum atomic E-state index is 14.0. The van der Waals surface area contributed by atoms with Gasteiger partial charge in [0.15, 0.2) is 5.54 Å². The van der Waals surface area contributed by atoms with Crippen LogP contribution in [-0.4, -0.2) is 71.4 Å². The first-order chi connectivity index (χ1) is 27.8. The molecule has 2 aromatic heterocycles. The Morgan fingerprint density at radius 3 is 2.65 bits per heavy atom. The Balaban J connectivity index is 0.846. The van der Waals surface area contributed by atoms with Gasteiger partial charge in [-0.05, 0) is 123 Å². The van der Waals surface area contributed by atoms with E-state index in [2.05, 4.69) is 20.5 Å². The normalized spacial score (nSPS) is 17.6. The summed E-state index contributed by atoms with van der Waals surface area (Å²) in [5, 5.41) is 27.9. The van der Waals surface area contributed by atoms with Crippen molar-refractivity contribution >= 4 is 22.8 Å². The van der Waals surface area contributed by atoms with Gasteiger partial charge < -0.3 is 39.7 Å². The highest BCUT2D eigenvalue weighted by Crippen LogP contribution is 2.39. The molecule has 5 N–H and O–H groups in total. The van der Waals surface area contributed by atoms with E-state index in [1.54, 1.807) is 36.6 Å². The zero-order valence-electron chi connectivity index (χ0n) is 32.2. The first-order valence-electron chi connectivity index (χ1n) is 20.1. The second-order valence-corrected chi connectivity index (χ2v) is 15.2. The van der Waals surface area contributed by atoms with Crippen molar-refractivity contribution in [3.05, 3.63) is 130 Å². The van der Waals surface area contributed by atoms with E-state index in [-0.39, 0.29) is 23.1 Å². The smallest absolute Gasteiger partial charge is 0.336 e. The van der Waals surface area contributed by atoms with Crippen molar-refractivity contribution in [3.8, 4) is 11.5 Å². The van der Waals surface area contributed by atoms with E-state index < -0.39 is 17.6 Å². The fourth-order valence-electron chi connectivity index (χ4n) is 8.04. The molecule has 12 heteroatoms. The van der Waals surface area contributed by atoms with E-state index in [0.717, 1.165) is 81.6 Å². The zero-order chi connectivity index (χ0) is 39.6. The number of H-pyrrole nitrogens is 1. The summed E-state index contributed by atoms with van der Waals surface area (Å²) in [6.45, 7) is 4.48. The number of nitrogens with zero attached hydrogens (tertiary/aromatic N) is 1. The number of aromatic hydroxyl groups is 1. The van der Waals surface area contributed by atoms with Crippen LogP contribution in [0.2, 0.25) is 0 Å². The molecule has 1 saturated heterocycles. The van der Waals surface area contributed by atoms with Crippen LogP contribution in [0, 0.1) is 5.92 Å². The predicted molar refractivity (Wildman–Crippen MR) is 216 cm³/mol. The number of rotatable bonds is 18. The van der Waals surface area contributed by atoms with Gasteiger partial charge in [0.05, 0.1) is 37.6 Å². The maximum absolute atomic E-state index is 14.0. The topological polar surface area (TPSA) is 166 Å². The number of piperidine rings is 1. The van der Waals surface area contributed by atoms with Crippen LogP contribution in [0.25, 0.3) is 10.9 Å². The van der Waals surface area contributed by atoms with E-state index in [4.69, 9.17) is 13.9 Å². The number of aliphatic hydroxyl groups is 1. The number of aliphatic hydroxyl groups excluding tert-OH is 1. The number of unbranched alkanes of at least 4 members (excludes halogenated alkanes) is 3. The van der Waals surface area contributed by atoms with Gasteiger partial charge in [0.2, 0.25) is 5.56 Å². The van der Waals surface area contributed by atoms with Gasteiger partial charge in [0.25, 0.3) is 5.91 Å². The molecule has 1 aliphatic carbocycles. The van der Waals surface area contributed by atoms with E-state index in [9.17, 15) is 24.6 Å². The lowest BCUT2D eigenvalue weighted by Gasteiger charge is -2.33. The SMILES string of the molecule is O=C(NC1(C(=O)OCC2CCN(Cc3ccco3)CC2)CCc2ccccc21)c1cccc(OCCCCCCNCC(O)c2ccc(O)c3[nH]c(=O)ccc23)c1. The van der Waals surface area contributed by atoms with Crippen LogP contribution in [0.1, 0.15) is 83.9 Å². The fraction of sp³-hybridized carbons (Fsp3) is 0.400. The molecule has 0 radical (unpaired) electrons. The summed E-state index contributed by atoms with van der Waals surface area (Å²) in [6.07, 6.45) is 7.53. The second kappa shape index (κ2) is 18.7. The molecule has 3 aromatic carbocycles. The average molecular weight is 777 g/mol. The highest BCUT2D eigenvalue weighted by Gasteiger charge is 2.48. The zero-order valence-corrected chi connectivity index (χ0v) is 32.2. The van der Waals surface area contributed by atoms with Crippen molar-refractivity contribution in [1.29, 1.82) is 0 Å². The lowest BCUT2D eigenvalue weighted by atomic mass is 9.91. The Labute approximate surface area is 332 Å². The lowest BCUT2D eigenvalue weighted by molar-refractivity contribution is -0.153. The molecule has 1 aliphatic heterocycles. The molecule has 2 atom stereocenters. The number of benzene rings is 3. The van der Waals surface area contributed by atoms with Crippen LogP contribution in [0.15, 0.2) is 100 Å². The lowest BCUT2D eigenvalue weighted by Crippen LogP contribution is -2.51. The van der Waals surface area contributed by atoms with Crippen LogP contribution < -0.4 is 20.9 Å². The first-order valence-corrected chi connectivity index (χ1v) is 20.1. The van der Waals surface area contributed by atoms with E-state index in [0.29, 0.717) is 60.4 Å². The van der Waals surface area contributed by atoms with Crippen LogP contribution in [-0.2, 0) is 28.0 Å². The van der Waals surface area contributed by atoms with Crippen molar-refractivity contribution in [2.24, 2.45) is 5.92 Å². The molecular formula is C45H52N4O8. The number of hydrogen-bond donors (Lipinski definition) is 5. The Hall–Kier alpha value is -5.43. The number of phenols is 1. The number of fused-ring (bicyclic) bond motifs is 2. The molecule has 300 valence electrons. The summed E-state index contributed by atoms with van der Waals surface area (Å²) in [5.74, 6) is 0.989. The van der Waals surface area contributed by atoms with Crippen molar-refractivity contribution in [2.75, 3.05) is 39.4 Å². The standard InChI is InChI=1S/C45H52N4O8/c50-39-16-14-36(37-15-17-41(52)47-42(37)39)40(51)28-46-22-5-1-2-6-25-55-34-11-7-10-33(27-34)43(53)48-45(21-18-32-9-3-4-13-38(32)45)44(54)57-30-31-19-23-49(24-20-31)29-35-12-8-26-56-35/h3-4,7-17,26-27,31,40,46,50-51H,1-2,5-6,18-25,28-30H2,(H,47,52)(H,48,53). The second-order valence-electron chi connectivity index (χ2n) is 15.2. The number of carbonyl (C=O) groups is 2. The van der Waals surface area contributed by atoms with Gasteiger partial charge in [-0.25, -0.2) is 4.79 Å². The van der Waals surface area contributed by atoms with E-state index in [1.165, 1.54) is 12.1 Å². The number of aromatic nitrogens is 1. The summed E-state index contributed by atoms with van der Waals surface area (Å²) >= 11 is 0. The third-order valence-corrected chi connectivity index (χ3v) is 11.3. The molecule has 1 amide bonds. The first kappa shape index (κ1) is 39.8. The van der Waals surface area contributed by atoms with Crippen LogP contribution >= 0.6 is 0 Å². The molecule has 0 spiro atoms. The molecule has 0 saturated carbocycles. The van der Waals surface area contributed by atoms with Crippen LogP contribution in [0.5, 0.6) is 11.5 Å². The molecule has 5 aromatic rings. The van der Waals surface area contributed by atoms with Gasteiger partial charge in [-0.15, -0.1) is 0 Å². The minimum Gasteiger partial charge on any atom is -0.506 e. The van der Waals surface area contributed by atoms with Gasteiger partial charge in [0.1, 0.15) is 17.3 Å². The van der Waals surface area contributed by atoms with E-state index in [1.807, 2.05) is 42.5 Å². The Kier molecular flexibility index (Phi) is 13.0. The summed E-state index contributed by atoms with van der Waals surface area (Å²) in [7, 11) is 0. The molecule has 57 heavy (non-hydrogen) atoms. The van der Waals surface area contributed by atoms with Crippen LogP contribution in [0.4, 0.5) is 0 Å². The Morgan fingerprint density at radius 2 is 1.81 bits per heavy atom. The van der Waals surface area contributed by atoms with Crippen LogP contribution in [0.3, 0.4) is 0 Å². The minimum atomic E-state index is -1.26. The number of aromatic amines is 1. The van der Waals surface area contributed by atoms with Gasteiger partial charge in [-0.2, -0.15) is 0 Å². The third-order valence-electron chi connectivity index (χ3n) is 11.3. The maximum Gasteiger partial charge on any atom is 0.336 e. The van der Waals surface area contributed by atoms with Crippen molar-refractivity contribution < 1.29 is 33.7 Å². The minimum absolute atomic E-state index is 0.0349. The van der Waals surface area contributed by atoms with Gasteiger partial charge >= 0.3 is 5.97 Å².